The Labute approximate surface area is 108 Å². The average Bonchev–Trinajstić information content (AvgIpc) is 2.13. The zero-order valence-electron chi connectivity index (χ0n) is 9.31. The van der Waals surface area contributed by atoms with Gasteiger partial charge >= 0.3 is 0 Å². The maximum Gasteiger partial charge on any atom is 0.222 e. The summed E-state index contributed by atoms with van der Waals surface area (Å²) in [6.45, 7) is 3.83. The Bertz CT molecular complexity index is 470. The van der Waals surface area contributed by atoms with E-state index in [0.717, 1.165) is 11.4 Å². The van der Waals surface area contributed by atoms with E-state index in [1.54, 1.807) is 6.07 Å². The molecule has 0 saturated heterocycles. The summed E-state index contributed by atoms with van der Waals surface area (Å²) in [6.07, 6.45) is 0. The van der Waals surface area contributed by atoms with E-state index >= 15 is 0 Å². The molecule has 2 aromatic rings. The van der Waals surface area contributed by atoms with E-state index in [2.05, 4.69) is 19.9 Å². The Morgan fingerprint density at radius 3 is 2.29 bits per heavy atom. The third kappa shape index (κ3) is 3.28. The lowest BCUT2D eigenvalue weighted by atomic mass is 10.4. The maximum atomic E-state index is 5.79. The van der Waals surface area contributed by atoms with Crippen LogP contribution in [0.3, 0.4) is 0 Å². The van der Waals surface area contributed by atoms with Gasteiger partial charge in [0.05, 0.1) is 0 Å². The topological polar surface area (TPSA) is 77.6 Å². The number of nitrogens with zero attached hydrogens (tertiary/aromatic N) is 4. The molecule has 0 aromatic carbocycles. The minimum Gasteiger partial charge on any atom is -0.368 e. The molecule has 0 aliphatic rings. The molecule has 2 N–H and O–H groups in total. The van der Waals surface area contributed by atoms with Gasteiger partial charge in [0.2, 0.25) is 5.95 Å². The van der Waals surface area contributed by atoms with E-state index in [1.807, 2.05) is 19.9 Å². The van der Waals surface area contributed by atoms with Gasteiger partial charge in [-0.25, -0.2) is 19.9 Å². The molecule has 0 unspecified atom stereocenters. The summed E-state index contributed by atoms with van der Waals surface area (Å²) in [5, 5.41) is 1.56. The Balaban J connectivity index is 2.31. The fourth-order valence-corrected chi connectivity index (χ4v) is 2.43. The molecule has 7 heteroatoms. The lowest BCUT2D eigenvalue weighted by Gasteiger charge is -2.03. The van der Waals surface area contributed by atoms with E-state index in [1.165, 1.54) is 11.8 Å². The van der Waals surface area contributed by atoms with Gasteiger partial charge in [-0.3, -0.25) is 0 Å². The molecule has 0 aliphatic heterocycles. The van der Waals surface area contributed by atoms with Gasteiger partial charge in [0, 0.05) is 17.5 Å². The number of nitrogens with two attached hydrogens (primary N) is 1. The van der Waals surface area contributed by atoms with Crippen molar-refractivity contribution in [2.45, 2.75) is 24.0 Å². The van der Waals surface area contributed by atoms with Gasteiger partial charge in [0.1, 0.15) is 10.2 Å². The zero-order valence-corrected chi connectivity index (χ0v) is 10.9. The monoisotopic (exact) mass is 267 g/mol. The van der Waals surface area contributed by atoms with Gasteiger partial charge < -0.3 is 5.73 Å². The summed E-state index contributed by atoms with van der Waals surface area (Å²) in [7, 11) is 0. The molecule has 0 saturated carbocycles. The Morgan fingerprint density at radius 2 is 1.71 bits per heavy atom. The number of hydrogen-bond donors (Lipinski definition) is 1. The van der Waals surface area contributed by atoms with E-state index < -0.39 is 0 Å². The number of aromatic nitrogens is 4. The molecular formula is C10H10ClN5S. The fourth-order valence-electron chi connectivity index (χ4n) is 1.30. The molecule has 17 heavy (non-hydrogen) atoms. The van der Waals surface area contributed by atoms with Gasteiger partial charge in [-0.1, -0.05) is 11.6 Å². The first-order chi connectivity index (χ1) is 8.02. The van der Waals surface area contributed by atoms with Crippen molar-refractivity contribution in [3.8, 4) is 0 Å². The van der Waals surface area contributed by atoms with E-state index in [-0.39, 0.29) is 5.95 Å². The van der Waals surface area contributed by atoms with Gasteiger partial charge in [0.25, 0.3) is 0 Å². The summed E-state index contributed by atoms with van der Waals surface area (Å²) in [5.74, 6) is 0.143. The molecule has 0 radical (unpaired) electrons. The molecule has 2 heterocycles. The zero-order chi connectivity index (χ0) is 12.4. The Kier molecular flexibility index (Phi) is 3.44. The van der Waals surface area contributed by atoms with Crippen molar-refractivity contribution >= 4 is 29.3 Å². The lowest BCUT2D eigenvalue weighted by Crippen LogP contribution is -1.97. The summed E-state index contributed by atoms with van der Waals surface area (Å²) in [4.78, 5) is 16.4. The van der Waals surface area contributed by atoms with Gasteiger partial charge in [-0.05, 0) is 31.7 Å². The second kappa shape index (κ2) is 4.85. The third-order valence-electron chi connectivity index (χ3n) is 1.85. The van der Waals surface area contributed by atoms with Crippen LogP contribution < -0.4 is 5.73 Å². The van der Waals surface area contributed by atoms with Crippen LogP contribution in [0.2, 0.25) is 5.15 Å². The molecule has 0 atom stereocenters. The van der Waals surface area contributed by atoms with Gasteiger partial charge in [-0.2, -0.15) is 0 Å². The van der Waals surface area contributed by atoms with Crippen LogP contribution >= 0.6 is 23.4 Å². The number of anilines is 1. The van der Waals surface area contributed by atoms with Crippen LogP contribution in [0, 0.1) is 13.8 Å². The van der Waals surface area contributed by atoms with Crippen molar-refractivity contribution in [1.82, 2.24) is 19.9 Å². The molecule has 0 aliphatic carbocycles. The molecule has 0 amide bonds. The molecule has 0 fully saturated rings. The van der Waals surface area contributed by atoms with Crippen molar-refractivity contribution < 1.29 is 0 Å². The molecule has 0 spiro atoms. The number of hydrogen-bond acceptors (Lipinski definition) is 6. The fraction of sp³-hybridized carbons (Fsp3) is 0.200. The standard InChI is InChI=1S/C10H10ClN5S/c1-5-3-6(2)14-10(13-5)17-8-4-7(11)15-9(12)16-8/h3-4H,1-2H3,(H2,12,15,16). The number of rotatable bonds is 2. The van der Waals surface area contributed by atoms with Crippen LogP contribution in [0.5, 0.6) is 0 Å². The molecule has 2 aromatic heterocycles. The molecule has 88 valence electrons. The Hall–Kier alpha value is -1.40. The Morgan fingerprint density at radius 1 is 1.06 bits per heavy atom. The van der Waals surface area contributed by atoms with E-state index in [0.29, 0.717) is 15.3 Å². The number of halogens is 1. The van der Waals surface area contributed by atoms with Crippen molar-refractivity contribution in [3.63, 3.8) is 0 Å². The summed E-state index contributed by atoms with van der Waals surface area (Å²) >= 11 is 7.10. The highest BCUT2D eigenvalue weighted by molar-refractivity contribution is 7.99. The average molecular weight is 268 g/mol. The largest absolute Gasteiger partial charge is 0.368 e. The molecule has 0 bridgehead atoms. The molecule has 5 nitrogen and oxygen atoms in total. The van der Waals surface area contributed by atoms with E-state index in [4.69, 9.17) is 17.3 Å². The quantitative estimate of drug-likeness (QED) is 0.664. The van der Waals surface area contributed by atoms with Crippen LogP contribution in [0.25, 0.3) is 0 Å². The van der Waals surface area contributed by atoms with Crippen molar-refractivity contribution in [2.24, 2.45) is 0 Å². The summed E-state index contributed by atoms with van der Waals surface area (Å²) in [6, 6.07) is 3.54. The second-order valence-electron chi connectivity index (χ2n) is 3.42. The predicted octanol–water partition coefficient (Wildman–Crippen LogP) is 2.27. The van der Waals surface area contributed by atoms with Gasteiger partial charge in [0.15, 0.2) is 5.16 Å². The predicted molar refractivity (Wildman–Crippen MR) is 67.1 cm³/mol. The normalized spacial score (nSPS) is 10.5. The van der Waals surface area contributed by atoms with Crippen LogP contribution in [-0.4, -0.2) is 19.9 Å². The summed E-state index contributed by atoms with van der Waals surface area (Å²) in [5.41, 5.74) is 7.33. The van der Waals surface area contributed by atoms with E-state index in [9.17, 15) is 0 Å². The van der Waals surface area contributed by atoms with Crippen molar-refractivity contribution in [3.05, 3.63) is 28.7 Å². The first-order valence-electron chi connectivity index (χ1n) is 4.83. The molecular weight excluding hydrogens is 258 g/mol. The SMILES string of the molecule is Cc1cc(C)nc(Sc2cc(Cl)nc(N)n2)n1. The van der Waals surface area contributed by atoms with Crippen LogP contribution in [0.1, 0.15) is 11.4 Å². The number of nitrogen functional groups attached to an aromatic ring is 1. The maximum absolute atomic E-state index is 5.79. The first kappa shape index (κ1) is 12.1. The van der Waals surface area contributed by atoms with Crippen LogP contribution in [0.15, 0.2) is 22.3 Å². The summed E-state index contributed by atoms with van der Waals surface area (Å²) < 4.78 is 0. The highest BCUT2D eigenvalue weighted by Crippen LogP contribution is 2.25. The van der Waals surface area contributed by atoms with Crippen LogP contribution in [-0.2, 0) is 0 Å². The highest BCUT2D eigenvalue weighted by atomic mass is 35.5. The first-order valence-corrected chi connectivity index (χ1v) is 6.02. The van der Waals surface area contributed by atoms with Crippen LogP contribution in [0.4, 0.5) is 5.95 Å². The molecule has 2 rings (SSSR count). The van der Waals surface area contributed by atoms with Crippen molar-refractivity contribution in [2.75, 3.05) is 5.73 Å². The third-order valence-corrected chi connectivity index (χ3v) is 2.82. The minimum absolute atomic E-state index is 0.143. The van der Waals surface area contributed by atoms with Crippen molar-refractivity contribution in [1.29, 1.82) is 0 Å². The van der Waals surface area contributed by atoms with Gasteiger partial charge in [-0.15, -0.1) is 0 Å². The minimum atomic E-state index is 0.143. The smallest absolute Gasteiger partial charge is 0.222 e. The second-order valence-corrected chi connectivity index (χ2v) is 4.80. The lowest BCUT2D eigenvalue weighted by molar-refractivity contribution is 0.898. The number of aryl methyl sites for hydroxylation is 2. The highest BCUT2D eigenvalue weighted by Gasteiger charge is 2.06.